The monoisotopic (exact) mass is 478 g/mol. The molecule has 0 aromatic heterocycles. The van der Waals surface area contributed by atoms with E-state index in [9.17, 15) is 14.4 Å². The largest absolute Gasteiger partial charge is 0.491 e. The molecule has 2 heterocycles. The average Bonchev–Trinajstić information content (AvgIpc) is 3.28. The van der Waals surface area contributed by atoms with E-state index in [1.807, 2.05) is 13.8 Å². The normalized spacial score (nSPS) is 21.5. The Morgan fingerprint density at radius 2 is 1.88 bits per heavy atom. The van der Waals surface area contributed by atoms with Crippen LogP contribution in [0.15, 0.2) is 18.2 Å². The third kappa shape index (κ3) is 7.61. The lowest BCUT2D eigenvalue weighted by Gasteiger charge is -2.27. The molecule has 0 radical (unpaired) electrons. The smallest absolute Gasteiger partial charge is 0.255 e. The predicted molar refractivity (Wildman–Crippen MR) is 128 cm³/mol. The van der Waals surface area contributed by atoms with Crippen LogP contribution in [0.2, 0.25) is 5.02 Å². The standard InChI is InChI=1S/C24H35ClN4O4/c1-17(2)20-16-33-21-8-7-18(25)13-19(21)24(32)26-9-3-4-12-29(14-22(30)27-20)23(31)15-28-10-5-6-11-28/h7-8,13,17,20H,3-6,9-12,14-16H2,1-2H3,(H,26,32)(H,27,30)/t20-/m0/s1. The minimum atomic E-state index is -0.273. The second kappa shape index (κ2) is 12.2. The van der Waals surface area contributed by atoms with Crippen LogP contribution < -0.4 is 15.4 Å². The second-order valence-corrected chi connectivity index (χ2v) is 9.57. The number of hydrogen-bond acceptors (Lipinski definition) is 5. The summed E-state index contributed by atoms with van der Waals surface area (Å²) < 4.78 is 5.95. The van der Waals surface area contributed by atoms with Gasteiger partial charge in [-0.15, -0.1) is 0 Å². The molecule has 2 aliphatic rings. The van der Waals surface area contributed by atoms with E-state index in [0.717, 1.165) is 25.9 Å². The quantitative estimate of drug-likeness (QED) is 0.695. The number of ether oxygens (including phenoxy) is 1. The van der Waals surface area contributed by atoms with E-state index in [0.29, 0.717) is 48.8 Å². The third-order valence-electron chi connectivity index (χ3n) is 6.14. The van der Waals surface area contributed by atoms with Crippen LogP contribution >= 0.6 is 11.6 Å². The molecule has 1 aromatic carbocycles. The molecule has 1 saturated heterocycles. The molecule has 1 fully saturated rings. The van der Waals surface area contributed by atoms with Crippen molar-refractivity contribution in [3.63, 3.8) is 0 Å². The first-order chi connectivity index (χ1) is 15.8. The number of rotatable bonds is 3. The number of likely N-dealkylation sites (tertiary alicyclic amines) is 1. The van der Waals surface area contributed by atoms with Gasteiger partial charge in [-0.25, -0.2) is 0 Å². The molecule has 1 aromatic rings. The Labute approximate surface area is 201 Å². The lowest BCUT2D eigenvalue weighted by molar-refractivity contribution is -0.137. The number of carbonyl (C=O) groups is 3. The summed E-state index contributed by atoms with van der Waals surface area (Å²) in [6, 6.07) is 4.67. The van der Waals surface area contributed by atoms with Crippen LogP contribution in [0.1, 0.15) is 49.9 Å². The maximum Gasteiger partial charge on any atom is 0.255 e. The van der Waals surface area contributed by atoms with Crippen LogP contribution in [-0.4, -0.2) is 79.4 Å². The Kier molecular flexibility index (Phi) is 9.38. The highest BCUT2D eigenvalue weighted by molar-refractivity contribution is 6.31. The molecule has 33 heavy (non-hydrogen) atoms. The van der Waals surface area contributed by atoms with E-state index in [2.05, 4.69) is 15.5 Å². The molecule has 8 nitrogen and oxygen atoms in total. The summed E-state index contributed by atoms with van der Waals surface area (Å²) in [6.45, 7) is 7.34. The van der Waals surface area contributed by atoms with E-state index in [4.69, 9.17) is 16.3 Å². The predicted octanol–water partition coefficient (Wildman–Crippen LogP) is 2.31. The Bertz CT molecular complexity index is 842. The number of benzene rings is 1. The molecule has 3 rings (SSSR count). The fraction of sp³-hybridized carbons (Fsp3) is 0.625. The summed E-state index contributed by atoms with van der Waals surface area (Å²) >= 11 is 6.11. The first-order valence-corrected chi connectivity index (χ1v) is 12.2. The van der Waals surface area contributed by atoms with Gasteiger partial charge in [0.15, 0.2) is 0 Å². The van der Waals surface area contributed by atoms with Gasteiger partial charge in [0.25, 0.3) is 5.91 Å². The highest BCUT2D eigenvalue weighted by Crippen LogP contribution is 2.23. The number of hydrogen-bond donors (Lipinski definition) is 2. The fourth-order valence-corrected chi connectivity index (χ4v) is 4.23. The summed E-state index contributed by atoms with van der Waals surface area (Å²) in [5.74, 6) is 0.0405. The van der Waals surface area contributed by atoms with Crippen molar-refractivity contribution in [3.05, 3.63) is 28.8 Å². The van der Waals surface area contributed by atoms with Crippen LogP contribution in [0.5, 0.6) is 5.75 Å². The zero-order valence-corrected chi connectivity index (χ0v) is 20.3. The maximum atomic E-state index is 12.9. The maximum absolute atomic E-state index is 12.9. The summed E-state index contributed by atoms with van der Waals surface area (Å²) in [7, 11) is 0. The molecule has 0 unspecified atom stereocenters. The number of carbonyl (C=O) groups excluding carboxylic acids is 3. The molecule has 0 aliphatic carbocycles. The molecule has 0 bridgehead atoms. The van der Waals surface area contributed by atoms with Crippen molar-refractivity contribution >= 4 is 29.3 Å². The van der Waals surface area contributed by atoms with Crippen LogP contribution in [-0.2, 0) is 9.59 Å². The lowest BCUT2D eigenvalue weighted by Crippen LogP contribution is -2.49. The van der Waals surface area contributed by atoms with Gasteiger partial charge < -0.3 is 20.3 Å². The Morgan fingerprint density at radius 3 is 2.61 bits per heavy atom. The van der Waals surface area contributed by atoms with Crippen LogP contribution in [0.3, 0.4) is 0 Å². The van der Waals surface area contributed by atoms with Gasteiger partial charge in [0.2, 0.25) is 11.8 Å². The van der Waals surface area contributed by atoms with E-state index in [1.54, 1.807) is 23.1 Å². The number of nitrogens with zero attached hydrogens (tertiary/aromatic N) is 2. The van der Waals surface area contributed by atoms with E-state index >= 15 is 0 Å². The van der Waals surface area contributed by atoms with Gasteiger partial charge in [-0.1, -0.05) is 25.4 Å². The van der Waals surface area contributed by atoms with Crippen LogP contribution in [0.25, 0.3) is 0 Å². The molecule has 0 saturated carbocycles. The van der Waals surface area contributed by atoms with Crippen molar-refractivity contribution in [2.75, 3.05) is 45.9 Å². The van der Waals surface area contributed by atoms with Gasteiger partial charge in [0, 0.05) is 18.1 Å². The first kappa shape index (κ1) is 25.3. The molecule has 9 heteroatoms. The zero-order chi connectivity index (χ0) is 23.8. The van der Waals surface area contributed by atoms with Crippen molar-refractivity contribution in [3.8, 4) is 5.75 Å². The van der Waals surface area contributed by atoms with Gasteiger partial charge in [0.1, 0.15) is 12.4 Å². The molecular weight excluding hydrogens is 444 g/mol. The Balaban J connectivity index is 1.74. The second-order valence-electron chi connectivity index (χ2n) is 9.13. The number of fused-ring (bicyclic) bond motifs is 1. The van der Waals surface area contributed by atoms with Gasteiger partial charge >= 0.3 is 0 Å². The summed E-state index contributed by atoms with van der Waals surface area (Å²) in [4.78, 5) is 42.3. The van der Waals surface area contributed by atoms with Crippen molar-refractivity contribution in [1.29, 1.82) is 0 Å². The zero-order valence-electron chi connectivity index (χ0n) is 19.6. The molecule has 3 amide bonds. The molecular formula is C24H35ClN4O4. The van der Waals surface area contributed by atoms with Crippen molar-refractivity contribution in [2.45, 2.75) is 45.6 Å². The Hall–Kier alpha value is -2.32. The van der Waals surface area contributed by atoms with Gasteiger partial charge in [-0.05, 0) is 62.9 Å². The van der Waals surface area contributed by atoms with Crippen molar-refractivity contribution in [1.82, 2.24) is 20.4 Å². The third-order valence-corrected chi connectivity index (χ3v) is 6.38. The van der Waals surface area contributed by atoms with Crippen molar-refractivity contribution in [2.24, 2.45) is 5.92 Å². The van der Waals surface area contributed by atoms with E-state index < -0.39 is 0 Å². The average molecular weight is 479 g/mol. The molecule has 2 N–H and O–H groups in total. The minimum absolute atomic E-state index is 0.0223. The lowest BCUT2D eigenvalue weighted by atomic mass is 10.1. The first-order valence-electron chi connectivity index (χ1n) is 11.8. The van der Waals surface area contributed by atoms with E-state index in [-0.39, 0.29) is 42.8 Å². The summed E-state index contributed by atoms with van der Waals surface area (Å²) in [5.41, 5.74) is 0.369. The molecule has 2 aliphatic heterocycles. The molecule has 1 atom stereocenters. The Morgan fingerprint density at radius 1 is 1.15 bits per heavy atom. The van der Waals surface area contributed by atoms with Crippen LogP contribution in [0.4, 0.5) is 0 Å². The molecule has 182 valence electrons. The van der Waals surface area contributed by atoms with Gasteiger partial charge in [0.05, 0.1) is 24.7 Å². The number of halogens is 1. The topological polar surface area (TPSA) is 91.0 Å². The minimum Gasteiger partial charge on any atom is -0.491 e. The van der Waals surface area contributed by atoms with Gasteiger partial charge in [-0.2, -0.15) is 0 Å². The molecule has 0 spiro atoms. The highest BCUT2D eigenvalue weighted by atomic mass is 35.5. The fourth-order valence-electron chi connectivity index (χ4n) is 4.06. The van der Waals surface area contributed by atoms with Crippen LogP contribution in [0, 0.1) is 5.92 Å². The summed E-state index contributed by atoms with van der Waals surface area (Å²) in [5, 5.41) is 6.38. The SMILES string of the molecule is CC(C)[C@@H]1COc2ccc(Cl)cc2C(=O)NCCCCN(C(=O)CN2CCCC2)CC(=O)N1. The van der Waals surface area contributed by atoms with Crippen molar-refractivity contribution < 1.29 is 19.1 Å². The van der Waals surface area contributed by atoms with Gasteiger partial charge in [-0.3, -0.25) is 19.3 Å². The number of nitrogens with one attached hydrogen (secondary N) is 2. The summed E-state index contributed by atoms with van der Waals surface area (Å²) in [6.07, 6.45) is 3.59. The van der Waals surface area contributed by atoms with E-state index in [1.165, 1.54) is 0 Å². The highest BCUT2D eigenvalue weighted by Gasteiger charge is 2.24. The number of amides is 3.